The van der Waals surface area contributed by atoms with Crippen LogP contribution in [0.1, 0.15) is 169 Å². The van der Waals surface area contributed by atoms with Gasteiger partial charge in [-0.15, -0.1) is 0 Å². The first-order chi connectivity index (χ1) is 57.3. The monoisotopic (exact) mass is 1860 g/mol. The van der Waals surface area contributed by atoms with Crippen LogP contribution in [0.3, 0.4) is 0 Å². The van der Waals surface area contributed by atoms with E-state index in [-0.39, 0.29) is 55.4 Å². The Hall–Kier alpha value is -8.20. The highest BCUT2D eigenvalue weighted by atomic mass is 127. The summed E-state index contributed by atoms with van der Waals surface area (Å²) in [6.07, 6.45) is -10.3. The summed E-state index contributed by atoms with van der Waals surface area (Å²) in [4.78, 5) is 139. The molecule has 2 saturated heterocycles. The Morgan fingerprint density at radius 2 is 1.33 bits per heavy atom. The average molecular weight is 1870 g/mol. The molecule has 0 spiro atoms. The molecule has 18 atom stereocenters. The number of rotatable bonds is 30. The zero-order valence-electron chi connectivity index (χ0n) is 67.0. The van der Waals surface area contributed by atoms with E-state index in [2.05, 4.69) is 60.1 Å². The van der Waals surface area contributed by atoms with E-state index in [1.165, 1.54) is 69.5 Å². The van der Waals surface area contributed by atoms with Crippen LogP contribution in [-0.2, 0) is 63.7 Å². The third-order valence-corrected chi connectivity index (χ3v) is 23.8. The third-order valence-electron chi connectivity index (χ3n) is 21.6. The molecule has 5 aromatic rings. The highest BCUT2D eigenvalue weighted by Crippen LogP contribution is 2.51. The lowest BCUT2D eigenvalue weighted by atomic mass is 9.85. The van der Waals surface area contributed by atoms with Crippen molar-refractivity contribution in [2.45, 2.75) is 221 Å². The number of carbonyl (C=O) groups is 8. The van der Waals surface area contributed by atoms with E-state index in [9.17, 15) is 74.7 Å². The normalized spacial score (nSPS) is 26.7. The summed E-state index contributed by atoms with van der Waals surface area (Å²) in [5.74, 6) is -15.5. The molecule has 37 nitrogen and oxygen atoms in total. The number of phenolic OH excluding ortho intramolecular Hbond substituents is 2. The lowest BCUT2D eigenvalue weighted by molar-refractivity contribution is -0.334. The topological polar surface area (TPSA) is 578 Å². The van der Waals surface area contributed by atoms with Gasteiger partial charge >= 0.3 is 13.6 Å². The summed E-state index contributed by atoms with van der Waals surface area (Å²) in [6, 6.07) is -0.807. The number of benzene rings is 5. The number of amides is 7. The number of primary amides is 1. The number of aromatic hydroxyl groups is 2. The number of fused-ring (bicyclic) bond motifs is 15. The second-order valence-electron chi connectivity index (χ2n) is 31.2. The fraction of sp³-hybridized carbons (Fsp3) is 0.525. The first-order valence-corrected chi connectivity index (χ1v) is 43.3. The first kappa shape index (κ1) is 95.0. The predicted octanol–water partition coefficient (Wildman–Crippen LogP) is 3.59. The van der Waals surface area contributed by atoms with E-state index in [1.54, 1.807) is 36.4 Å². The molecular formula is C80H105Cl2IN11O26P. The van der Waals surface area contributed by atoms with Gasteiger partial charge in [0.25, 0.3) is 0 Å². The molecule has 662 valence electrons. The van der Waals surface area contributed by atoms with E-state index >= 15 is 24.0 Å². The fourth-order valence-corrected chi connectivity index (χ4v) is 16.6. The van der Waals surface area contributed by atoms with Crippen molar-refractivity contribution in [3.8, 4) is 51.4 Å². The molecule has 23 N–H and O–H groups in total. The van der Waals surface area contributed by atoms with Gasteiger partial charge in [-0.2, -0.15) is 0 Å². The van der Waals surface area contributed by atoms with Gasteiger partial charge in [0, 0.05) is 46.3 Å². The molecule has 3 unspecified atom stereocenters. The van der Waals surface area contributed by atoms with Crippen LogP contribution in [0.4, 0.5) is 0 Å². The quantitative estimate of drug-likeness (QED) is 0.0177. The molecule has 7 amide bonds. The molecule has 7 aliphatic heterocycles. The van der Waals surface area contributed by atoms with Crippen LogP contribution in [0.2, 0.25) is 10.0 Å². The first-order valence-electron chi connectivity index (χ1n) is 39.7. The minimum absolute atomic E-state index is 0.113. The number of phenols is 2. The maximum atomic E-state index is 16.4. The van der Waals surface area contributed by atoms with Crippen molar-refractivity contribution in [1.82, 2.24) is 53.2 Å². The van der Waals surface area contributed by atoms with Gasteiger partial charge in [-0.1, -0.05) is 107 Å². The Labute approximate surface area is 720 Å². The van der Waals surface area contributed by atoms with Gasteiger partial charge in [-0.3, -0.25) is 38.1 Å². The Bertz CT molecular complexity index is 4650. The minimum Gasteiger partial charge on any atom is -0.507 e. The highest BCUT2D eigenvalue weighted by molar-refractivity contribution is 14.1. The summed E-state index contributed by atoms with van der Waals surface area (Å²) in [7, 11) is -3.33. The van der Waals surface area contributed by atoms with Crippen LogP contribution in [0.25, 0.3) is 11.1 Å². The van der Waals surface area contributed by atoms with Crippen molar-refractivity contribution < 1.29 is 127 Å². The Morgan fingerprint density at radius 1 is 0.719 bits per heavy atom. The number of halogens is 3. The number of likely N-dealkylation sites (N-methyl/N-ethyl adjacent to an activating group) is 1. The number of aliphatic hydroxyl groups is 6. The molecule has 7 heterocycles. The Morgan fingerprint density at radius 3 is 1.93 bits per heavy atom. The van der Waals surface area contributed by atoms with E-state index in [1.807, 2.05) is 13.8 Å². The average Bonchev–Trinajstić information content (AvgIpc) is 1.36. The maximum absolute atomic E-state index is 16.4. The Balaban J connectivity index is 1.17. The molecular weight excluding hydrogens is 1760 g/mol. The number of nitrogens with one attached hydrogen (secondary N) is 10. The molecule has 7 aliphatic rings. The maximum Gasteiger partial charge on any atom is 0.339 e. The van der Waals surface area contributed by atoms with Crippen LogP contribution in [-0.4, -0.2) is 222 Å². The van der Waals surface area contributed by atoms with Gasteiger partial charge in [-0.25, -0.2) is 4.79 Å². The highest BCUT2D eigenvalue weighted by Gasteiger charge is 2.52. The predicted molar refractivity (Wildman–Crippen MR) is 443 cm³/mol. The molecule has 121 heavy (non-hydrogen) atoms. The van der Waals surface area contributed by atoms with E-state index < -0.39 is 252 Å². The second-order valence-corrected chi connectivity index (χ2v) is 34.9. The number of carboxylic acid groups (broad SMARTS) is 1. The van der Waals surface area contributed by atoms with E-state index in [4.69, 9.17) is 57.4 Å². The van der Waals surface area contributed by atoms with Crippen LogP contribution in [0, 0.1) is 9.49 Å². The molecule has 0 aliphatic carbocycles. The smallest absolute Gasteiger partial charge is 0.339 e. The zero-order valence-corrected chi connectivity index (χ0v) is 71.6. The van der Waals surface area contributed by atoms with Crippen molar-refractivity contribution >= 4 is 101 Å². The summed E-state index contributed by atoms with van der Waals surface area (Å²) in [5.41, 5.74) is 1.75. The van der Waals surface area contributed by atoms with Crippen LogP contribution < -0.4 is 73.1 Å². The van der Waals surface area contributed by atoms with Gasteiger partial charge in [-0.05, 0) is 151 Å². The van der Waals surface area contributed by atoms with Crippen molar-refractivity contribution in [3.05, 3.63) is 120 Å². The van der Waals surface area contributed by atoms with Crippen LogP contribution >= 0.6 is 53.4 Å². The number of hydrogen-bond donors (Lipinski definition) is 22. The zero-order chi connectivity index (χ0) is 88.2. The number of carboxylic acids is 1. The lowest BCUT2D eigenvalue weighted by Crippen LogP contribution is -2.65. The molecule has 0 saturated carbocycles. The molecule has 5 aromatic carbocycles. The van der Waals surface area contributed by atoms with Crippen molar-refractivity contribution in [2.75, 3.05) is 39.6 Å². The minimum atomic E-state index is -4.81. The van der Waals surface area contributed by atoms with E-state index in [0.717, 1.165) is 68.3 Å². The number of aliphatic carboxylic acids is 1. The molecule has 0 radical (unpaired) electrons. The summed E-state index contributed by atoms with van der Waals surface area (Å²) in [5, 5.41) is 133. The number of unbranched alkanes of at least 4 members (excludes halogenated alkanes) is 7. The number of carbonyl (C=O) groups excluding carboxylic acids is 7. The fourth-order valence-electron chi connectivity index (χ4n) is 15.1. The number of aliphatic hydroxyl groups excluding tert-OH is 6. The van der Waals surface area contributed by atoms with Crippen molar-refractivity contribution in [2.24, 2.45) is 11.7 Å². The van der Waals surface area contributed by atoms with Gasteiger partial charge in [0.15, 0.2) is 29.9 Å². The number of hydrogen-bond acceptors (Lipinski definition) is 27. The molecule has 2 fully saturated rings. The number of nitrogens with two attached hydrogens (primary N) is 1. The summed E-state index contributed by atoms with van der Waals surface area (Å²) in [6.45, 7) is 9.13. The van der Waals surface area contributed by atoms with Gasteiger partial charge < -0.3 is 143 Å². The molecule has 11 bridgehead atoms. The molecule has 0 aromatic heterocycles. The van der Waals surface area contributed by atoms with Gasteiger partial charge in [0.2, 0.25) is 53.4 Å². The van der Waals surface area contributed by atoms with Crippen molar-refractivity contribution in [3.63, 3.8) is 0 Å². The largest absolute Gasteiger partial charge is 0.507 e. The summed E-state index contributed by atoms with van der Waals surface area (Å²) < 4.78 is 51.7. The van der Waals surface area contributed by atoms with Crippen LogP contribution in [0.5, 0.6) is 40.2 Å². The number of ether oxygens (including phenoxy) is 6. The van der Waals surface area contributed by atoms with E-state index in [0.29, 0.717) is 13.1 Å². The summed E-state index contributed by atoms with van der Waals surface area (Å²) >= 11 is 16.1. The third kappa shape index (κ3) is 23.4. The SMILES string of the molecule is CCCCCCCCCCNCCN[C@@]1(C)CC(OC2C(Oc3c4cc5cc3Oc3ccc(cc3Cl)[C@@H](O)[C@@H](NC(=O)[C@@H](CC(C)C)NC)C(=O)N[C@@H](CC(N)=O)C(=O)N[C@H]5C(=O)N[C@H]3C(=O)N[C@H](C(=O)N[C@H](C(=O)O)c5cc(O)c(CNCP(=O)(O)O)c(O)c5-c5cc3ccc5I)[C@H](O)c3ccc(c(Cl)c3)O4)O[C@H](CO)[C@@H](O)[C@@H]2O)O[C@@H](C)[C@@H]1O. The van der Waals surface area contributed by atoms with Crippen LogP contribution in [0.15, 0.2) is 72.8 Å². The van der Waals surface area contributed by atoms with Gasteiger partial charge in [0.05, 0.1) is 53.2 Å². The Kier molecular flexibility index (Phi) is 33.0. The molecule has 41 heteroatoms. The standard InChI is InChI=1S/C80H105Cl2IN11O26P/c1-7-8-9-10-11-12-13-14-21-86-22-23-88-80(5)32-57(115-37(4)71(80)103)119-70-68(102)67(101)55(34-95)118-79(70)120-69-53-28-41-29-54(69)117-52-20-17-40(27-46(52)82)65(99)63-77(109)92-61(78(110)111)43-30-50(96)44(33-87-35-121(112,113)114)66(100)58(43)42-25-38(15-18-47(42)83)59(74(106)94-63)91-75(107)60(41)90-73(105)49(31-56(84)97)89-76(108)62(93-72(104)48(85-6)24-36(2)3)64(98)39-16-19-51(116-53)45(81)26-39/h15-20,25-30,36-37,48-49,55,57,59-65,67-68,70-71,79,85-88,95-96,98-103H,7-14,21-24,31-35H2,1-6H3,(H2,84,97)(H,89,108)(H,90,105)(H,91,107)(H,92,109)(H,93,104)(H,94,106)(H,110,111)(H2,112,113,114)/t37-,48+,49-,55+,57?,59+,60+,61-,62+,63-,64+,65+,67+,68-,70?,71-,79?,80-/m0/s1. The second kappa shape index (κ2) is 42.0. The lowest BCUT2D eigenvalue weighted by Gasteiger charge is -2.48. The molecule has 12 rings (SSSR count). The van der Waals surface area contributed by atoms with Gasteiger partial charge in [0.1, 0.15) is 83.7 Å². The van der Waals surface area contributed by atoms with Crippen molar-refractivity contribution in [1.29, 1.82) is 0 Å².